The van der Waals surface area contributed by atoms with Gasteiger partial charge in [-0.2, -0.15) is 0 Å². The Morgan fingerprint density at radius 2 is 1.45 bits per heavy atom. The fraction of sp³-hybridized carbons (Fsp3) is 0.400. The number of rotatable bonds is 14. The number of aliphatic carboxylic acids is 1. The number of amides is 5. The molecule has 0 aliphatic heterocycles. The van der Waals surface area contributed by atoms with Gasteiger partial charge in [-0.15, -0.1) is 0 Å². The molecule has 0 saturated heterocycles. The highest BCUT2D eigenvalue weighted by Crippen LogP contribution is 2.06. The van der Waals surface area contributed by atoms with E-state index < -0.39 is 66.6 Å². The van der Waals surface area contributed by atoms with Crippen LogP contribution in [0, 0.1) is 0 Å². The summed E-state index contributed by atoms with van der Waals surface area (Å²) in [6.07, 6.45) is -0.750. The number of primary amides is 2. The van der Waals surface area contributed by atoms with Crippen molar-refractivity contribution in [2.45, 2.75) is 43.8 Å². The summed E-state index contributed by atoms with van der Waals surface area (Å²) in [7, 11) is 0. The highest BCUT2D eigenvalue weighted by atomic mass is 16.4. The fourth-order valence-electron chi connectivity index (χ4n) is 2.74. The van der Waals surface area contributed by atoms with Crippen molar-refractivity contribution < 1.29 is 33.9 Å². The molecule has 33 heavy (non-hydrogen) atoms. The Morgan fingerprint density at radius 3 is 2.00 bits per heavy atom. The van der Waals surface area contributed by atoms with Crippen molar-refractivity contribution in [3.8, 4) is 0 Å². The Labute approximate surface area is 189 Å². The lowest BCUT2D eigenvalue weighted by Crippen LogP contribution is -2.57. The van der Waals surface area contributed by atoms with Gasteiger partial charge in [-0.05, 0) is 12.0 Å². The molecule has 0 fully saturated rings. The van der Waals surface area contributed by atoms with Crippen LogP contribution in [-0.2, 0) is 35.2 Å². The van der Waals surface area contributed by atoms with E-state index in [9.17, 15) is 28.8 Å². The van der Waals surface area contributed by atoms with Gasteiger partial charge in [0.2, 0.25) is 29.5 Å². The summed E-state index contributed by atoms with van der Waals surface area (Å²) in [5.74, 6) is -5.37. The minimum absolute atomic E-state index is 0.0149. The van der Waals surface area contributed by atoms with Gasteiger partial charge in [0.15, 0.2) is 0 Å². The van der Waals surface area contributed by atoms with E-state index in [1.807, 2.05) is 0 Å². The maximum Gasteiger partial charge on any atom is 0.322 e. The third-order valence-electron chi connectivity index (χ3n) is 4.41. The average molecular weight is 464 g/mol. The van der Waals surface area contributed by atoms with E-state index in [-0.39, 0.29) is 19.3 Å². The van der Waals surface area contributed by atoms with Gasteiger partial charge in [-0.3, -0.25) is 28.8 Å². The Morgan fingerprint density at radius 1 is 0.848 bits per heavy atom. The predicted molar refractivity (Wildman–Crippen MR) is 115 cm³/mol. The lowest BCUT2D eigenvalue weighted by Gasteiger charge is -2.23. The molecule has 0 radical (unpaired) electrons. The minimum atomic E-state index is -1.46. The molecule has 10 N–H and O–H groups in total. The first-order valence-electron chi connectivity index (χ1n) is 9.96. The van der Waals surface area contributed by atoms with Crippen LogP contribution in [0.15, 0.2) is 30.3 Å². The van der Waals surface area contributed by atoms with Crippen molar-refractivity contribution in [3.05, 3.63) is 35.9 Å². The van der Waals surface area contributed by atoms with E-state index in [1.54, 1.807) is 30.3 Å². The molecule has 0 bridgehead atoms. The molecule has 13 heteroatoms. The van der Waals surface area contributed by atoms with Gasteiger partial charge >= 0.3 is 5.97 Å². The van der Waals surface area contributed by atoms with Crippen molar-refractivity contribution in [3.63, 3.8) is 0 Å². The Bertz CT molecular complexity index is 877. The van der Waals surface area contributed by atoms with Gasteiger partial charge in [0, 0.05) is 12.8 Å². The van der Waals surface area contributed by atoms with Crippen LogP contribution in [0.25, 0.3) is 0 Å². The van der Waals surface area contributed by atoms with Crippen molar-refractivity contribution in [2.24, 2.45) is 17.2 Å². The summed E-state index contributed by atoms with van der Waals surface area (Å²) in [6, 6.07) is 4.82. The highest BCUT2D eigenvalue weighted by molar-refractivity contribution is 5.95. The predicted octanol–water partition coefficient (Wildman–Crippen LogP) is -3.13. The third-order valence-corrected chi connectivity index (χ3v) is 4.41. The molecule has 0 aliphatic carbocycles. The van der Waals surface area contributed by atoms with Crippen LogP contribution in [-0.4, -0.2) is 65.3 Å². The zero-order valence-corrected chi connectivity index (χ0v) is 17.8. The van der Waals surface area contributed by atoms with Crippen molar-refractivity contribution in [2.75, 3.05) is 6.54 Å². The van der Waals surface area contributed by atoms with E-state index in [2.05, 4.69) is 16.0 Å². The van der Waals surface area contributed by atoms with Gasteiger partial charge in [0.25, 0.3) is 0 Å². The molecule has 0 aromatic heterocycles. The molecule has 0 aliphatic rings. The largest absolute Gasteiger partial charge is 0.480 e. The van der Waals surface area contributed by atoms with Gasteiger partial charge in [0.05, 0.1) is 12.5 Å². The molecule has 5 amide bonds. The van der Waals surface area contributed by atoms with E-state index in [0.717, 1.165) is 0 Å². The van der Waals surface area contributed by atoms with Crippen LogP contribution in [0.3, 0.4) is 0 Å². The summed E-state index contributed by atoms with van der Waals surface area (Å²) in [5, 5.41) is 15.5. The molecule has 1 rings (SSSR count). The number of carboxylic acids is 1. The molecule has 180 valence electrons. The van der Waals surface area contributed by atoms with Gasteiger partial charge < -0.3 is 38.3 Å². The maximum absolute atomic E-state index is 12.9. The average Bonchev–Trinajstić information content (AvgIpc) is 2.74. The van der Waals surface area contributed by atoms with Crippen molar-refractivity contribution in [1.82, 2.24) is 16.0 Å². The Balaban J connectivity index is 3.00. The second kappa shape index (κ2) is 13.4. The molecule has 3 unspecified atom stereocenters. The number of nitrogens with one attached hydrogen (secondary N) is 3. The number of carbonyl (C=O) groups is 6. The van der Waals surface area contributed by atoms with Crippen molar-refractivity contribution in [1.29, 1.82) is 0 Å². The molecule has 3 atom stereocenters. The van der Waals surface area contributed by atoms with Crippen molar-refractivity contribution >= 4 is 35.5 Å². The van der Waals surface area contributed by atoms with E-state index in [4.69, 9.17) is 22.3 Å². The fourth-order valence-corrected chi connectivity index (χ4v) is 2.74. The first-order chi connectivity index (χ1) is 15.5. The minimum Gasteiger partial charge on any atom is -0.480 e. The first-order valence-corrected chi connectivity index (χ1v) is 9.96. The molecule has 1 aromatic rings. The topological polar surface area (TPSA) is 237 Å². The molecule has 13 nitrogen and oxygen atoms in total. The molecule has 0 spiro atoms. The molecular weight excluding hydrogens is 436 g/mol. The molecule has 0 saturated carbocycles. The number of benzene rings is 1. The standard InChI is InChI=1S/C20H28N6O7/c21-12(6-7-15(22)27)18(31)25-13(8-11-4-2-1-3-5-11)20(33)26-14(9-16(23)28)19(32)24-10-17(29)30/h1-5,12-14H,6-10,21H2,(H2,22,27)(H2,23,28)(H,24,32)(H,25,31)(H,26,33)(H,29,30). The normalized spacial score (nSPS) is 13.1. The zero-order chi connectivity index (χ0) is 25.0. The number of carbonyl (C=O) groups excluding carboxylic acids is 5. The molecule has 0 heterocycles. The van der Waals surface area contributed by atoms with Crippen LogP contribution in [0.1, 0.15) is 24.8 Å². The van der Waals surface area contributed by atoms with Crippen LogP contribution in [0.5, 0.6) is 0 Å². The number of nitrogens with two attached hydrogens (primary N) is 3. The lowest BCUT2D eigenvalue weighted by molar-refractivity contribution is -0.138. The summed E-state index contributed by atoms with van der Waals surface area (Å²) >= 11 is 0. The zero-order valence-electron chi connectivity index (χ0n) is 17.8. The maximum atomic E-state index is 12.9. The van der Waals surface area contributed by atoms with Crippen LogP contribution in [0.4, 0.5) is 0 Å². The smallest absolute Gasteiger partial charge is 0.322 e. The SMILES string of the molecule is NC(=O)CCC(N)C(=O)NC(Cc1ccccc1)C(=O)NC(CC(N)=O)C(=O)NCC(=O)O. The Kier molecular flexibility index (Phi) is 11.0. The number of hydrogen-bond donors (Lipinski definition) is 7. The molecule has 1 aromatic carbocycles. The summed E-state index contributed by atoms with van der Waals surface area (Å²) in [6.45, 7) is -0.733. The van der Waals surface area contributed by atoms with E-state index in [0.29, 0.717) is 5.56 Å². The summed E-state index contributed by atoms with van der Waals surface area (Å²) in [4.78, 5) is 70.5. The van der Waals surface area contributed by atoms with Gasteiger partial charge in [-0.25, -0.2) is 0 Å². The highest BCUT2D eigenvalue weighted by Gasteiger charge is 2.29. The van der Waals surface area contributed by atoms with Crippen LogP contribution < -0.4 is 33.2 Å². The van der Waals surface area contributed by atoms with Gasteiger partial charge in [0.1, 0.15) is 18.6 Å². The lowest BCUT2D eigenvalue weighted by atomic mass is 10.0. The van der Waals surface area contributed by atoms with Crippen LogP contribution in [0.2, 0.25) is 0 Å². The number of hydrogen-bond acceptors (Lipinski definition) is 7. The van der Waals surface area contributed by atoms with Gasteiger partial charge in [-0.1, -0.05) is 30.3 Å². The molecular formula is C20H28N6O7. The van der Waals surface area contributed by atoms with E-state index in [1.165, 1.54) is 0 Å². The quantitative estimate of drug-likeness (QED) is 0.148. The summed E-state index contributed by atoms with van der Waals surface area (Å²) < 4.78 is 0. The monoisotopic (exact) mass is 464 g/mol. The third kappa shape index (κ3) is 10.7. The van der Waals surface area contributed by atoms with Crippen LogP contribution >= 0.6 is 0 Å². The second-order valence-electron chi connectivity index (χ2n) is 7.21. The van der Waals surface area contributed by atoms with E-state index >= 15 is 0 Å². The number of carboxylic acid groups (broad SMARTS) is 1. The summed E-state index contributed by atoms with van der Waals surface area (Å²) in [5.41, 5.74) is 16.6. The second-order valence-corrected chi connectivity index (χ2v) is 7.21. The Hall–Kier alpha value is -4.00. The first kappa shape index (κ1) is 27.0.